The summed E-state index contributed by atoms with van der Waals surface area (Å²) in [7, 11) is 0. The van der Waals surface area contributed by atoms with Crippen LogP contribution in [-0.4, -0.2) is 29.2 Å². The van der Waals surface area contributed by atoms with Crippen LogP contribution >= 0.6 is 15.9 Å². The van der Waals surface area contributed by atoms with Crippen LogP contribution in [0.3, 0.4) is 0 Å². The minimum atomic E-state index is -0.808. The van der Waals surface area contributed by atoms with Gasteiger partial charge in [-0.3, -0.25) is 10.2 Å². The average Bonchev–Trinajstić information content (AvgIpc) is 2.34. The molecule has 0 aliphatic heterocycles. The van der Waals surface area contributed by atoms with Crippen LogP contribution in [0.25, 0.3) is 0 Å². The van der Waals surface area contributed by atoms with Gasteiger partial charge in [-0.15, -0.1) is 0 Å². The van der Waals surface area contributed by atoms with Gasteiger partial charge in [0.25, 0.3) is 0 Å². The number of hydrogen-bond acceptors (Lipinski definition) is 6. The van der Waals surface area contributed by atoms with E-state index in [0.717, 1.165) is 0 Å². The number of carbonyl (C=O) groups excluding carboxylic acids is 2. The number of hydrogen-bond donors (Lipinski definition) is 2. The van der Waals surface area contributed by atoms with E-state index in [1.165, 1.54) is 6.92 Å². The molecule has 102 valence electrons. The first-order valence-electron chi connectivity index (χ1n) is 5.46. The second kappa shape index (κ2) is 6.89. The number of phenols is 1. The molecule has 6 nitrogen and oxygen atoms in total. The minimum absolute atomic E-state index is 0.0713. The maximum atomic E-state index is 11.5. The number of halogens is 1. The van der Waals surface area contributed by atoms with Crippen LogP contribution < -0.4 is 5.43 Å². The summed E-state index contributed by atoms with van der Waals surface area (Å²) in [5.74, 6) is -1.41. The first kappa shape index (κ1) is 15.2. The summed E-state index contributed by atoms with van der Waals surface area (Å²) in [5, 5.41) is 13.4. The number of phenolic OH excluding ortho intramolecular Hbond substituents is 1. The number of para-hydroxylation sites is 1. The number of anilines is 1. The molecule has 1 rings (SSSR count). The quantitative estimate of drug-likeness (QED) is 0.284. The predicted octanol–water partition coefficient (Wildman–Crippen LogP) is 2.07. The lowest BCUT2D eigenvalue weighted by molar-refractivity contribution is -0.135. The van der Waals surface area contributed by atoms with Crippen molar-refractivity contribution in [3.63, 3.8) is 0 Å². The van der Waals surface area contributed by atoms with Crippen molar-refractivity contribution in [3.8, 4) is 5.75 Å². The fraction of sp³-hybridized carbons (Fsp3) is 0.250. The first-order valence-corrected chi connectivity index (χ1v) is 6.25. The van der Waals surface area contributed by atoms with E-state index in [1.807, 2.05) is 0 Å². The summed E-state index contributed by atoms with van der Waals surface area (Å²) in [4.78, 5) is 22.8. The highest BCUT2D eigenvalue weighted by Gasteiger charge is 2.18. The Kier molecular flexibility index (Phi) is 5.50. The van der Waals surface area contributed by atoms with Gasteiger partial charge in [-0.25, -0.2) is 4.79 Å². The Morgan fingerprint density at radius 1 is 1.47 bits per heavy atom. The molecule has 0 heterocycles. The molecule has 0 unspecified atom stereocenters. The normalized spacial score (nSPS) is 11.0. The standard InChI is InChI=1S/C12H13BrN2O4/c1-3-19-12(18)10(7(2)16)15-14-9-6-4-5-8(13)11(9)17/h4-6,14,17H,3H2,1-2H3/b15-10-. The van der Waals surface area contributed by atoms with Crippen molar-refractivity contribution in [2.75, 3.05) is 12.0 Å². The van der Waals surface area contributed by atoms with Crippen LogP contribution in [0.5, 0.6) is 5.75 Å². The number of ether oxygens (including phenoxy) is 1. The third kappa shape index (κ3) is 4.06. The van der Waals surface area contributed by atoms with Crippen molar-refractivity contribution >= 4 is 39.1 Å². The van der Waals surface area contributed by atoms with Gasteiger partial charge in [0.2, 0.25) is 5.71 Å². The van der Waals surface area contributed by atoms with Gasteiger partial charge in [0.1, 0.15) is 0 Å². The summed E-state index contributed by atoms with van der Waals surface area (Å²) < 4.78 is 5.17. The summed E-state index contributed by atoms with van der Waals surface area (Å²) in [5.41, 5.74) is 2.36. The van der Waals surface area contributed by atoms with Crippen LogP contribution in [0.15, 0.2) is 27.8 Å². The summed E-state index contributed by atoms with van der Waals surface area (Å²) in [6, 6.07) is 4.85. The van der Waals surface area contributed by atoms with Gasteiger partial charge in [-0.2, -0.15) is 5.10 Å². The number of rotatable bonds is 5. The molecule has 1 aromatic carbocycles. The predicted molar refractivity (Wildman–Crippen MR) is 74.2 cm³/mol. The van der Waals surface area contributed by atoms with E-state index in [0.29, 0.717) is 4.47 Å². The molecule has 7 heteroatoms. The minimum Gasteiger partial charge on any atom is -0.505 e. The van der Waals surface area contributed by atoms with Crippen LogP contribution in [0.2, 0.25) is 0 Å². The molecule has 1 aromatic rings. The van der Waals surface area contributed by atoms with E-state index in [4.69, 9.17) is 4.74 Å². The SMILES string of the molecule is CCOC(=O)/C(=N\Nc1cccc(Br)c1O)C(C)=O. The van der Waals surface area contributed by atoms with Gasteiger partial charge in [0.15, 0.2) is 11.5 Å². The van der Waals surface area contributed by atoms with E-state index in [1.54, 1.807) is 25.1 Å². The molecule has 0 aliphatic rings. The number of ketones is 1. The molecule has 0 fully saturated rings. The third-order valence-corrected chi connectivity index (χ3v) is 2.72. The Morgan fingerprint density at radius 2 is 2.16 bits per heavy atom. The molecule has 0 aliphatic carbocycles. The number of nitrogens with one attached hydrogen (secondary N) is 1. The van der Waals surface area contributed by atoms with E-state index in [9.17, 15) is 14.7 Å². The fourth-order valence-corrected chi connectivity index (χ4v) is 1.56. The molecule has 0 aromatic heterocycles. The Morgan fingerprint density at radius 3 is 2.74 bits per heavy atom. The fourth-order valence-electron chi connectivity index (χ4n) is 1.19. The van der Waals surface area contributed by atoms with Crippen molar-refractivity contribution in [3.05, 3.63) is 22.7 Å². The Hall–Kier alpha value is -1.89. The zero-order valence-electron chi connectivity index (χ0n) is 10.4. The average molecular weight is 329 g/mol. The number of benzene rings is 1. The first-order chi connectivity index (χ1) is 8.97. The number of aromatic hydroxyl groups is 1. The Balaban J connectivity index is 2.96. The van der Waals surface area contributed by atoms with Crippen LogP contribution in [0.4, 0.5) is 5.69 Å². The maximum Gasteiger partial charge on any atom is 0.362 e. The van der Waals surface area contributed by atoms with Crippen molar-refractivity contribution in [1.82, 2.24) is 0 Å². The molecule has 0 saturated carbocycles. The van der Waals surface area contributed by atoms with Gasteiger partial charge in [0.05, 0.1) is 16.8 Å². The van der Waals surface area contributed by atoms with Crippen molar-refractivity contribution in [2.24, 2.45) is 5.10 Å². The second-order valence-corrected chi connectivity index (χ2v) is 4.34. The highest BCUT2D eigenvalue weighted by molar-refractivity contribution is 9.10. The summed E-state index contributed by atoms with van der Waals surface area (Å²) in [6.07, 6.45) is 0. The van der Waals surface area contributed by atoms with Crippen molar-refractivity contribution in [1.29, 1.82) is 0 Å². The van der Waals surface area contributed by atoms with Crippen LogP contribution in [-0.2, 0) is 14.3 Å². The second-order valence-electron chi connectivity index (χ2n) is 3.48. The zero-order chi connectivity index (χ0) is 14.4. The van der Waals surface area contributed by atoms with E-state index >= 15 is 0 Å². The highest BCUT2D eigenvalue weighted by atomic mass is 79.9. The Bertz CT molecular complexity index is 528. The largest absolute Gasteiger partial charge is 0.505 e. The van der Waals surface area contributed by atoms with E-state index in [-0.39, 0.29) is 23.8 Å². The summed E-state index contributed by atoms with van der Waals surface area (Å²) >= 11 is 3.14. The molecule has 0 atom stereocenters. The Labute approximate surface area is 118 Å². The number of carbonyl (C=O) groups is 2. The lowest BCUT2D eigenvalue weighted by Gasteiger charge is -2.07. The lowest BCUT2D eigenvalue weighted by Crippen LogP contribution is -2.25. The molecule has 0 saturated heterocycles. The van der Waals surface area contributed by atoms with Crippen molar-refractivity contribution < 1.29 is 19.4 Å². The summed E-state index contributed by atoms with van der Waals surface area (Å²) in [6.45, 7) is 2.98. The monoisotopic (exact) mass is 328 g/mol. The van der Waals surface area contributed by atoms with Gasteiger partial charge < -0.3 is 9.84 Å². The van der Waals surface area contributed by atoms with Crippen LogP contribution in [0, 0.1) is 0 Å². The molecule has 0 bridgehead atoms. The van der Waals surface area contributed by atoms with Gasteiger partial charge >= 0.3 is 5.97 Å². The number of esters is 1. The lowest BCUT2D eigenvalue weighted by atomic mass is 10.3. The van der Waals surface area contributed by atoms with Crippen LogP contribution in [0.1, 0.15) is 13.8 Å². The molecule has 19 heavy (non-hydrogen) atoms. The maximum absolute atomic E-state index is 11.5. The topological polar surface area (TPSA) is 88.0 Å². The molecular formula is C12H13BrN2O4. The van der Waals surface area contributed by atoms with Gasteiger partial charge in [-0.1, -0.05) is 6.07 Å². The molecule has 2 N–H and O–H groups in total. The molecule has 0 amide bonds. The number of hydrazone groups is 1. The zero-order valence-corrected chi connectivity index (χ0v) is 12.0. The third-order valence-electron chi connectivity index (χ3n) is 2.08. The molecule has 0 spiro atoms. The van der Waals surface area contributed by atoms with Crippen molar-refractivity contribution in [2.45, 2.75) is 13.8 Å². The smallest absolute Gasteiger partial charge is 0.362 e. The number of nitrogens with zero attached hydrogens (tertiary/aromatic N) is 1. The van der Waals surface area contributed by atoms with E-state index in [2.05, 4.69) is 26.5 Å². The van der Waals surface area contributed by atoms with Gasteiger partial charge in [0, 0.05) is 6.92 Å². The molecular weight excluding hydrogens is 316 g/mol. The van der Waals surface area contributed by atoms with E-state index < -0.39 is 11.8 Å². The number of Topliss-reactive ketones (excluding diaryl/α,β-unsaturated/α-hetero) is 1. The van der Waals surface area contributed by atoms with Gasteiger partial charge in [-0.05, 0) is 35.0 Å². The molecule has 0 radical (unpaired) electrons. The highest BCUT2D eigenvalue weighted by Crippen LogP contribution is 2.31.